The number of hydrogen-bond donors (Lipinski definition) is 1. The second kappa shape index (κ2) is 17.0. The van der Waals surface area contributed by atoms with E-state index in [-0.39, 0.29) is 6.61 Å². The summed E-state index contributed by atoms with van der Waals surface area (Å²) >= 11 is 1.49. The van der Waals surface area contributed by atoms with Gasteiger partial charge in [0, 0.05) is 18.3 Å². The Balaban J connectivity index is 0. The lowest BCUT2D eigenvalue weighted by molar-refractivity contribution is -0.757. The van der Waals surface area contributed by atoms with Gasteiger partial charge in [-0.05, 0) is 6.92 Å². The molecule has 7 heteroatoms. The Hall–Kier alpha value is -1.37. The molecule has 1 aromatic heterocycles. The molecular weight excluding hydrogens is 314 g/mol. The Labute approximate surface area is 144 Å². The Morgan fingerprint density at radius 2 is 1.78 bits per heavy atom. The molecular formula is C16H33N3O3S. The molecule has 0 spiro atoms. The van der Waals surface area contributed by atoms with E-state index in [0.29, 0.717) is 6.42 Å². The van der Waals surface area contributed by atoms with Crippen molar-refractivity contribution in [3.63, 3.8) is 0 Å². The molecule has 0 aliphatic carbocycles. The van der Waals surface area contributed by atoms with Gasteiger partial charge in [0.25, 0.3) is 5.09 Å². The van der Waals surface area contributed by atoms with Crippen molar-refractivity contribution in [2.45, 2.75) is 73.1 Å². The summed E-state index contributed by atoms with van der Waals surface area (Å²) in [5, 5.41) is 12.9. The first kappa shape index (κ1) is 23.9. The monoisotopic (exact) mass is 347 g/mol. The van der Waals surface area contributed by atoms with Crippen molar-refractivity contribution in [2.24, 2.45) is 0 Å². The quantitative estimate of drug-likeness (QED) is 0.375. The zero-order chi connectivity index (χ0) is 18.1. The van der Waals surface area contributed by atoms with Gasteiger partial charge >= 0.3 is 0 Å². The fourth-order valence-electron chi connectivity index (χ4n) is 1.66. The summed E-state index contributed by atoms with van der Waals surface area (Å²) in [5.41, 5.74) is 0.895. The van der Waals surface area contributed by atoms with Gasteiger partial charge in [-0.2, -0.15) is 0 Å². The third kappa shape index (κ3) is 14.0. The van der Waals surface area contributed by atoms with E-state index in [9.17, 15) is 10.1 Å². The van der Waals surface area contributed by atoms with Gasteiger partial charge in [0.2, 0.25) is 0 Å². The molecule has 0 aromatic carbocycles. The highest BCUT2D eigenvalue weighted by atomic mass is 32.1. The lowest BCUT2D eigenvalue weighted by Crippen LogP contribution is -2.04. The topological polar surface area (TPSA) is 77.3 Å². The fourth-order valence-corrected chi connectivity index (χ4v) is 2.55. The maximum absolute atomic E-state index is 9.89. The van der Waals surface area contributed by atoms with E-state index in [4.69, 9.17) is 0 Å². The minimum Gasteiger partial charge on any atom is -0.365 e. The molecule has 6 nitrogen and oxygen atoms in total. The number of unbranched alkanes of at least 4 members (excludes halogenated alkanes) is 4. The van der Waals surface area contributed by atoms with Crippen LogP contribution in [0.5, 0.6) is 0 Å². The van der Waals surface area contributed by atoms with Crippen molar-refractivity contribution in [3.8, 4) is 0 Å². The zero-order valence-corrected chi connectivity index (χ0v) is 16.3. The van der Waals surface area contributed by atoms with E-state index in [1.807, 2.05) is 20.8 Å². The average Bonchev–Trinajstić information content (AvgIpc) is 2.91. The van der Waals surface area contributed by atoms with Crippen molar-refractivity contribution < 1.29 is 9.92 Å². The van der Waals surface area contributed by atoms with Gasteiger partial charge in [-0.3, -0.25) is 0 Å². The van der Waals surface area contributed by atoms with E-state index in [1.165, 1.54) is 43.4 Å². The maximum Gasteiger partial charge on any atom is 0.294 e. The summed E-state index contributed by atoms with van der Waals surface area (Å²) in [5.74, 6) is 0. The van der Waals surface area contributed by atoms with E-state index in [2.05, 4.69) is 29.0 Å². The summed E-state index contributed by atoms with van der Waals surface area (Å²) in [6.45, 7) is 10.4. The largest absolute Gasteiger partial charge is 0.365 e. The van der Waals surface area contributed by atoms with Crippen LogP contribution < -0.4 is 5.32 Å². The minimum absolute atomic E-state index is 0.0825. The SMILES string of the molecule is CC.CCCCCCC.CNc1nc(C)c(CCO[N+](=O)[O-])s1. The summed E-state index contributed by atoms with van der Waals surface area (Å²) in [6.07, 6.45) is 7.53. The third-order valence-electron chi connectivity index (χ3n) is 2.84. The van der Waals surface area contributed by atoms with Gasteiger partial charge in [-0.15, -0.1) is 21.5 Å². The smallest absolute Gasteiger partial charge is 0.294 e. The fraction of sp³-hybridized carbons (Fsp3) is 0.812. The molecule has 0 aliphatic heterocycles. The number of anilines is 1. The molecule has 0 saturated carbocycles. The number of aromatic nitrogens is 1. The summed E-state index contributed by atoms with van der Waals surface area (Å²) in [6, 6.07) is 0. The third-order valence-corrected chi connectivity index (χ3v) is 4.07. The highest BCUT2D eigenvalue weighted by molar-refractivity contribution is 7.15. The molecule has 0 atom stereocenters. The number of aryl methyl sites for hydroxylation is 1. The number of nitrogens with zero attached hydrogens (tertiary/aromatic N) is 2. The lowest BCUT2D eigenvalue weighted by atomic mass is 10.2. The number of thiazole rings is 1. The minimum atomic E-state index is -0.782. The van der Waals surface area contributed by atoms with Gasteiger partial charge in [0.15, 0.2) is 5.13 Å². The van der Waals surface area contributed by atoms with Gasteiger partial charge in [-0.1, -0.05) is 59.8 Å². The van der Waals surface area contributed by atoms with Gasteiger partial charge in [0.1, 0.15) is 6.61 Å². The molecule has 136 valence electrons. The van der Waals surface area contributed by atoms with Crippen molar-refractivity contribution in [1.82, 2.24) is 4.98 Å². The van der Waals surface area contributed by atoms with E-state index in [0.717, 1.165) is 15.7 Å². The Morgan fingerprint density at radius 3 is 2.17 bits per heavy atom. The van der Waals surface area contributed by atoms with Crippen LogP contribution in [0.2, 0.25) is 0 Å². The van der Waals surface area contributed by atoms with E-state index in [1.54, 1.807) is 7.05 Å². The van der Waals surface area contributed by atoms with E-state index < -0.39 is 5.09 Å². The normalized spacial score (nSPS) is 9.13. The van der Waals surface area contributed by atoms with Gasteiger partial charge in [0.05, 0.1) is 5.69 Å². The van der Waals surface area contributed by atoms with Crippen LogP contribution in [0.15, 0.2) is 0 Å². The van der Waals surface area contributed by atoms with Crippen molar-refractivity contribution in [1.29, 1.82) is 0 Å². The van der Waals surface area contributed by atoms with Crippen LogP contribution in [0.4, 0.5) is 5.13 Å². The standard InChI is InChI=1S/C7H11N3O3S.C7H16.C2H6/c1-5-6(3-4-13-10(11)12)14-7(8-2)9-5;1-3-5-7-6-4-2;1-2/h3-4H2,1-2H3,(H,8,9);3-7H2,1-2H3;1-2H3. The molecule has 1 heterocycles. The molecule has 0 radical (unpaired) electrons. The summed E-state index contributed by atoms with van der Waals surface area (Å²) < 4.78 is 0. The number of nitrogens with one attached hydrogen (secondary N) is 1. The first-order chi connectivity index (χ1) is 11.0. The van der Waals surface area contributed by atoms with Crippen molar-refractivity contribution in [3.05, 3.63) is 20.7 Å². The van der Waals surface area contributed by atoms with Gasteiger partial charge < -0.3 is 10.2 Å². The lowest BCUT2D eigenvalue weighted by Gasteiger charge is -1.96. The van der Waals surface area contributed by atoms with Gasteiger partial charge in [-0.25, -0.2) is 4.98 Å². The Morgan fingerprint density at radius 1 is 1.22 bits per heavy atom. The second-order valence-electron chi connectivity index (χ2n) is 4.65. The summed E-state index contributed by atoms with van der Waals surface area (Å²) in [4.78, 5) is 19.3. The maximum atomic E-state index is 9.89. The van der Waals surface area contributed by atoms with Crippen LogP contribution in [0.25, 0.3) is 0 Å². The molecule has 0 aliphatic rings. The van der Waals surface area contributed by atoms with Crippen LogP contribution in [-0.4, -0.2) is 23.7 Å². The number of rotatable bonds is 9. The molecule has 0 amide bonds. The van der Waals surface area contributed by atoms with Crippen LogP contribution >= 0.6 is 11.3 Å². The van der Waals surface area contributed by atoms with Crippen LogP contribution in [0.1, 0.15) is 70.4 Å². The van der Waals surface area contributed by atoms with Crippen LogP contribution in [0.3, 0.4) is 0 Å². The average molecular weight is 348 g/mol. The van der Waals surface area contributed by atoms with Crippen molar-refractivity contribution in [2.75, 3.05) is 19.0 Å². The molecule has 23 heavy (non-hydrogen) atoms. The first-order valence-electron chi connectivity index (χ1n) is 8.46. The second-order valence-corrected chi connectivity index (χ2v) is 5.73. The first-order valence-corrected chi connectivity index (χ1v) is 9.28. The molecule has 1 N–H and O–H groups in total. The molecule has 0 bridgehead atoms. The van der Waals surface area contributed by atoms with E-state index >= 15 is 0 Å². The Bertz CT molecular complexity index is 394. The molecule has 0 saturated heterocycles. The van der Waals surface area contributed by atoms with Crippen LogP contribution in [-0.2, 0) is 11.3 Å². The highest BCUT2D eigenvalue weighted by Crippen LogP contribution is 2.22. The zero-order valence-electron chi connectivity index (χ0n) is 15.5. The predicted molar refractivity (Wildman–Crippen MR) is 98.8 cm³/mol. The number of hydrogen-bond acceptors (Lipinski definition) is 6. The van der Waals surface area contributed by atoms with Crippen molar-refractivity contribution >= 4 is 16.5 Å². The molecule has 0 fully saturated rings. The Kier molecular flexibility index (Phi) is 17.6. The molecule has 1 rings (SSSR count). The molecule has 1 aromatic rings. The summed E-state index contributed by atoms with van der Waals surface area (Å²) in [7, 11) is 1.79. The van der Waals surface area contributed by atoms with Crippen LogP contribution in [0, 0.1) is 17.0 Å². The predicted octanol–water partition coefficient (Wildman–Crippen LogP) is 5.25. The highest BCUT2D eigenvalue weighted by Gasteiger charge is 2.06. The molecule has 0 unspecified atom stereocenters.